The van der Waals surface area contributed by atoms with Gasteiger partial charge in [-0.05, 0) is 42.0 Å². The summed E-state index contributed by atoms with van der Waals surface area (Å²) in [6.45, 7) is 0. The van der Waals surface area contributed by atoms with Gasteiger partial charge in [-0.2, -0.15) is 0 Å². The van der Waals surface area contributed by atoms with E-state index < -0.39 is 11.0 Å². The first-order valence-electron chi connectivity index (χ1n) is 9.43. The molecule has 0 spiro atoms. The molecule has 3 aromatic carbocycles. The minimum Gasteiger partial charge on any atom is -0.493 e. The van der Waals surface area contributed by atoms with E-state index in [1.165, 1.54) is 26.4 Å². The minimum absolute atomic E-state index is 0.0360. The zero-order valence-corrected chi connectivity index (χ0v) is 17.8. The van der Waals surface area contributed by atoms with Crippen molar-refractivity contribution in [2.75, 3.05) is 19.5 Å². The molecule has 1 unspecified atom stereocenters. The third kappa shape index (κ3) is 5.52. The summed E-state index contributed by atoms with van der Waals surface area (Å²) in [5.74, 6) is 0.866. The number of rotatable bonds is 9. The molecule has 0 amide bonds. The third-order valence-electron chi connectivity index (χ3n) is 4.77. The molecule has 160 valence electrons. The van der Waals surface area contributed by atoms with Crippen molar-refractivity contribution in [1.82, 2.24) is 0 Å². The molecule has 0 heterocycles. The van der Waals surface area contributed by atoms with E-state index in [1.54, 1.807) is 42.5 Å². The molecule has 0 fully saturated rings. The van der Waals surface area contributed by atoms with Crippen LogP contribution in [0.25, 0.3) is 0 Å². The molecule has 0 aliphatic carbocycles. The first kappa shape index (κ1) is 22.1. The average molecular weight is 441 g/mol. The van der Waals surface area contributed by atoms with Gasteiger partial charge in [0.1, 0.15) is 0 Å². The highest BCUT2D eigenvalue weighted by Gasteiger charge is 2.20. The predicted octanol–water partition coefficient (Wildman–Crippen LogP) is 5.69. The number of hydrogen-bond donors (Lipinski definition) is 1. The molecule has 0 aromatic heterocycles. The second kappa shape index (κ2) is 9.95. The Hall–Kier alpha value is -3.58. The van der Waals surface area contributed by atoms with Gasteiger partial charge in [0.05, 0.1) is 25.2 Å². The summed E-state index contributed by atoms with van der Waals surface area (Å²) in [6.07, 6.45) is 0.111. The highest BCUT2D eigenvalue weighted by Crippen LogP contribution is 2.31. The highest BCUT2D eigenvalue weighted by molar-refractivity contribution is 6.30. The Morgan fingerprint density at radius 1 is 1.03 bits per heavy atom. The van der Waals surface area contributed by atoms with Crippen LogP contribution in [0.5, 0.6) is 11.5 Å². The van der Waals surface area contributed by atoms with Crippen molar-refractivity contribution >= 4 is 28.8 Å². The molecular weight excluding hydrogens is 420 g/mol. The summed E-state index contributed by atoms with van der Waals surface area (Å²) in [7, 11) is 3.03. The summed E-state index contributed by atoms with van der Waals surface area (Å²) in [5, 5.41) is 14.9. The SMILES string of the molecule is COc1ccc(C(=O)CC(Nc2cccc([N+](=O)[O-])c2)c2ccc(Cl)cc2)cc1OC. The molecule has 8 heteroatoms. The number of methoxy groups -OCH3 is 2. The summed E-state index contributed by atoms with van der Waals surface area (Å²) in [4.78, 5) is 23.7. The Balaban J connectivity index is 1.90. The number of Topliss-reactive ketones (excluding diaryl/α,β-unsaturated/α-hetero) is 1. The van der Waals surface area contributed by atoms with Crippen LogP contribution >= 0.6 is 11.6 Å². The Bertz CT molecular complexity index is 1090. The molecule has 1 atom stereocenters. The number of non-ortho nitro benzene ring substituents is 1. The number of halogens is 1. The molecular formula is C23H21ClN2O5. The minimum atomic E-state index is -0.461. The normalized spacial score (nSPS) is 11.5. The van der Waals surface area contributed by atoms with Gasteiger partial charge in [0.2, 0.25) is 0 Å². The molecule has 0 aliphatic heterocycles. The lowest BCUT2D eigenvalue weighted by Crippen LogP contribution is -2.16. The summed E-state index contributed by atoms with van der Waals surface area (Å²) in [6, 6.07) is 17.8. The Morgan fingerprint density at radius 2 is 1.74 bits per heavy atom. The van der Waals surface area contributed by atoms with Gasteiger partial charge in [-0.1, -0.05) is 29.8 Å². The molecule has 0 radical (unpaired) electrons. The number of nitrogens with zero attached hydrogens (tertiary/aromatic N) is 1. The zero-order valence-electron chi connectivity index (χ0n) is 17.0. The molecule has 7 nitrogen and oxygen atoms in total. The maximum absolute atomic E-state index is 13.1. The maximum atomic E-state index is 13.1. The van der Waals surface area contributed by atoms with Gasteiger partial charge in [0, 0.05) is 34.8 Å². The van der Waals surface area contributed by atoms with Crippen LogP contribution in [0.3, 0.4) is 0 Å². The van der Waals surface area contributed by atoms with Crippen LogP contribution in [-0.2, 0) is 0 Å². The first-order valence-corrected chi connectivity index (χ1v) is 9.80. The molecule has 0 bridgehead atoms. The summed E-state index contributed by atoms with van der Waals surface area (Å²) >= 11 is 6.01. The number of ether oxygens (including phenoxy) is 2. The van der Waals surface area contributed by atoms with Gasteiger partial charge < -0.3 is 14.8 Å². The van der Waals surface area contributed by atoms with Crippen LogP contribution in [0.1, 0.15) is 28.4 Å². The van der Waals surface area contributed by atoms with E-state index in [1.807, 2.05) is 12.1 Å². The molecule has 0 saturated heterocycles. The predicted molar refractivity (Wildman–Crippen MR) is 119 cm³/mol. The Labute approximate surface area is 184 Å². The van der Waals surface area contributed by atoms with Crippen LogP contribution in [0.4, 0.5) is 11.4 Å². The second-order valence-corrected chi connectivity index (χ2v) is 7.19. The van der Waals surface area contributed by atoms with Crippen molar-refractivity contribution in [3.63, 3.8) is 0 Å². The number of hydrogen-bond acceptors (Lipinski definition) is 6. The summed E-state index contributed by atoms with van der Waals surface area (Å²) < 4.78 is 10.5. The van der Waals surface area contributed by atoms with Crippen LogP contribution in [0.2, 0.25) is 5.02 Å². The van der Waals surface area contributed by atoms with Gasteiger partial charge in [-0.25, -0.2) is 0 Å². The van der Waals surface area contributed by atoms with Crippen LogP contribution in [0.15, 0.2) is 66.7 Å². The van der Waals surface area contributed by atoms with Gasteiger partial charge in [-0.3, -0.25) is 14.9 Å². The Kier molecular flexibility index (Phi) is 7.10. The van der Waals surface area contributed by atoms with Crippen molar-refractivity contribution in [2.24, 2.45) is 0 Å². The van der Waals surface area contributed by atoms with E-state index in [0.29, 0.717) is 27.8 Å². The fourth-order valence-corrected chi connectivity index (χ4v) is 3.30. The van der Waals surface area contributed by atoms with Crippen LogP contribution in [-0.4, -0.2) is 24.9 Å². The molecule has 3 aromatic rings. The standard InChI is InChI=1S/C23H21ClN2O5/c1-30-22-11-8-16(12-23(22)31-2)21(27)14-20(15-6-9-17(24)10-7-15)25-18-4-3-5-19(13-18)26(28)29/h3-13,20,25H,14H2,1-2H3. The van der Waals surface area contributed by atoms with Gasteiger partial charge in [0.25, 0.3) is 5.69 Å². The highest BCUT2D eigenvalue weighted by atomic mass is 35.5. The van der Waals surface area contributed by atoms with Crippen molar-refractivity contribution in [3.8, 4) is 11.5 Å². The number of ketones is 1. The van der Waals surface area contributed by atoms with Gasteiger partial charge in [-0.15, -0.1) is 0 Å². The van der Waals surface area contributed by atoms with Gasteiger partial charge >= 0.3 is 0 Å². The summed E-state index contributed by atoms with van der Waals surface area (Å²) in [5.41, 5.74) is 1.79. The molecule has 0 aliphatic rings. The fraction of sp³-hybridized carbons (Fsp3) is 0.174. The topological polar surface area (TPSA) is 90.7 Å². The number of nitrogens with one attached hydrogen (secondary N) is 1. The maximum Gasteiger partial charge on any atom is 0.271 e. The largest absolute Gasteiger partial charge is 0.493 e. The van der Waals surface area contributed by atoms with Crippen molar-refractivity contribution < 1.29 is 19.2 Å². The van der Waals surface area contributed by atoms with Crippen molar-refractivity contribution in [1.29, 1.82) is 0 Å². The number of nitro benzene ring substituents is 1. The van der Waals surface area contributed by atoms with E-state index in [4.69, 9.17) is 21.1 Å². The average Bonchev–Trinajstić information content (AvgIpc) is 2.78. The van der Waals surface area contributed by atoms with E-state index in [9.17, 15) is 14.9 Å². The number of nitro groups is 1. The van der Waals surface area contributed by atoms with E-state index in [-0.39, 0.29) is 17.9 Å². The van der Waals surface area contributed by atoms with Crippen molar-refractivity contribution in [3.05, 3.63) is 93.0 Å². The lowest BCUT2D eigenvalue weighted by molar-refractivity contribution is -0.384. The smallest absolute Gasteiger partial charge is 0.271 e. The molecule has 0 saturated carbocycles. The van der Waals surface area contributed by atoms with Crippen LogP contribution < -0.4 is 14.8 Å². The van der Waals surface area contributed by atoms with Crippen molar-refractivity contribution in [2.45, 2.75) is 12.5 Å². The molecule has 1 N–H and O–H groups in total. The lowest BCUT2D eigenvalue weighted by atomic mass is 9.97. The second-order valence-electron chi connectivity index (χ2n) is 6.75. The van der Waals surface area contributed by atoms with E-state index in [2.05, 4.69) is 5.32 Å². The quantitative estimate of drug-likeness (QED) is 0.261. The Morgan fingerprint density at radius 3 is 2.39 bits per heavy atom. The first-order chi connectivity index (χ1) is 14.9. The third-order valence-corrected chi connectivity index (χ3v) is 5.02. The number of carbonyl (C=O) groups excluding carboxylic acids is 1. The van der Waals surface area contributed by atoms with Gasteiger partial charge in [0.15, 0.2) is 17.3 Å². The van der Waals surface area contributed by atoms with E-state index in [0.717, 1.165) is 5.56 Å². The monoisotopic (exact) mass is 440 g/mol. The zero-order chi connectivity index (χ0) is 22.4. The number of carbonyl (C=O) groups is 1. The van der Waals surface area contributed by atoms with Crippen LogP contribution in [0, 0.1) is 10.1 Å². The molecule has 3 rings (SSSR count). The van der Waals surface area contributed by atoms with E-state index >= 15 is 0 Å². The number of anilines is 1. The molecule has 31 heavy (non-hydrogen) atoms. The lowest BCUT2D eigenvalue weighted by Gasteiger charge is -2.20. The fourth-order valence-electron chi connectivity index (χ4n) is 3.17. The number of benzene rings is 3.